The van der Waals surface area contributed by atoms with Crippen molar-refractivity contribution in [3.05, 3.63) is 52.4 Å². The topological polar surface area (TPSA) is 45.8 Å². The second kappa shape index (κ2) is 3.46. The van der Waals surface area contributed by atoms with E-state index in [1.54, 1.807) is 13.1 Å². The van der Waals surface area contributed by atoms with Crippen molar-refractivity contribution in [3.63, 3.8) is 0 Å². The van der Waals surface area contributed by atoms with Crippen LogP contribution >= 0.6 is 0 Å². The van der Waals surface area contributed by atoms with Crippen LogP contribution in [0.1, 0.15) is 5.56 Å². The highest BCUT2D eigenvalue weighted by molar-refractivity contribution is 5.53. The maximum absolute atomic E-state index is 11.3. The van der Waals surface area contributed by atoms with Crippen molar-refractivity contribution >= 4 is 0 Å². The molecule has 2 rings (SSSR count). The molecule has 0 aliphatic rings. The lowest BCUT2D eigenvalue weighted by molar-refractivity contribution is 1.09. The van der Waals surface area contributed by atoms with Crippen molar-refractivity contribution in [3.8, 4) is 11.4 Å². The summed E-state index contributed by atoms with van der Waals surface area (Å²) in [7, 11) is 0. The van der Waals surface area contributed by atoms with E-state index in [4.69, 9.17) is 0 Å². The summed E-state index contributed by atoms with van der Waals surface area (Å²) >= 11 is 0. The van der Waals surface area contributed by atoms with Gasteiger partial charge in [0.25, 0.3) is 5.56 Å². The normalized spacial score (nSPS) is 10.1. The number of nitrogens with one attached hydrogen (secondary N) is 1. The van der Waals surface area contributed by atoms with E-state index in [1.165, 1.54) is 0 Å². The first kappa shape index (κ1) is 8.69. The van der Waals surface area contributed by atoms with Crippen LogP contribution in [0.3, 0.4) is 0 Å². The fraction of sp³-hybridized carbons (Fsp3) is 0.0909. The molecule has 0 spiro atoms. The van der Waals surface area contributed by atoms with Crippen LogP contribution in [0.2, 0.25) is 0 Å². The predicted molar refractivity (Wildman–Crippen MR) is 55.0 cm³/mol. The highest BCUT2D eigenvalue weighted by atomic mass is 16.1. The molecule has 2 aromatic rings. The highest BCUT2D eigenvalue weighted by Gasteiger charge is 1.99. The summed E-state index contributed by atoms with van der Waals surface area (Å²) in [5.74, 6) is 0.612. The molecule has 1 aromatic carbocycles. The highest BCUT2D eigenvalue weighted by Crippen LogP contribution is 2.11. The molecular formula is C11H10N2O. The molecule has 0 radical (unpaired) electrons. The van der Waals surface area contributed by atoms with Crippen LogP contribution in [0.25, 0.3) is 11.4 Å². The lowest BCUT2D eigenvalue weighted by atomic mass is 10.2. The molecule has 0 saturated carbocycles. The first-order valence-corrected chi connectivity index (χ1v) is 4.39. The minimum absolute atomic E-state index is 0.0844. The summed E-state index contributed by atoms with van der Waals surface area (Å²) in [5.41, 5.74) is 1.47. The minimum Gasteiger partial charge on any atom is -0.306 e. The second-order valence-corrected chi connectivity index (χ2v) is 3.11. The van der Waals surface area contributed by atoms with E-state index in [-0.39, 0.29) is 5.56 Å². The van der Waals surface area contributed by atoms with Gasteiger partial charge in [0.15, 0.2) is 0 Å². The number of hydrogen-bond donors (Lipinski definition) is 1. The third-order valence-corrected chi connectivity index (χ3v) is 2.02. The zero-order valence-electron chi connectivity index (χ0n) is 7.82. The van der Waals surface area contributed by atoms with Crippen LogP contribution in [0, 0.1) is 6.92 Å². The summed E-state index contributed by atoms with van der Waals surface area (Å²) < 4.78 is 0. The van der Waals surface area contributed by atoms with Gasteiger partial charge in [0, 0.05) is 17.3 Å². The molecule has 3 nitrogen and oxygen atoms in total. The van der Waals surface area contributed by atoms with Crippen LogP contribution in [-0.4, -0.2) is 9.97 Å². The summed E-state index contributed by atoms with van der Waals surface area (Å²) in [4.78, 5) is 18.2. The Morgan fingerprint density at radius 2 is 1.93 bits per heavy atom. The van der Waals surface area contributed by atoms with Gasteiger partial charge in [-0.1, -0.05) is 30.3 Å². The lowest BCUT2D eigenvalue weighted by Crippen LogP contribution is -2.11. The molecule has 0 saturated heterocycles. The fourth-order valence-electron chi connectivity index (χ4n) is 1.20. The Balaban J connectivity index is 2.54. The molecule has 0 aliphatic heterocycles. The SMILES string of the molecule is Cc1cnc(-c2ccccc2)[nH]c1=O. The van der Waals surface area contributed by atoms with Gasteiger partial charge in [-0.3, -0.25) is 4.79 Å². The van der Waals surface area contributed by atoms with Gasteiger partial charge in [-0.2, -0.15) is 0 Å². The van der Waals surface area contributed by atoms with Gasteiger partial charge in [-0.05, 0) is 6.92 Å². The number of aryl methyl sites for hydroxylation is 1. The number of aromatic nitrogens is 2. The third kappa shape index (κ3) is 1.57. The van der Waals surface area contributed by atoms with Gasteiger partial charge in [-0.25, -0.2) is 4.98 Å². The minimum atomic E-state index is -0.0844. The molecule has 0 amide bonds. The second-order valence-electron chi connectivity index (χ2n) is 3.11. The maximum Gasteiger partial charge on any atom is 0.254 e. The maximum atomic E-state index is 11.3. The van der Waals surface area contributed by atoms with Crippen molar-refractivity contribution in [1.29, 1.82) is 0 Å². The number of rotatable bonds is 1. The average molecular weight is 186 g/mol. The Hall–Kier alpha value is -1.90. The van der Waals surface area contributed by atoms with E-state index < -0.39 is 0 Å². The Bertz CT molecular complexity index is 488. The van der Waals surface area contributed by atoms with Crippen molar-refractivity contribution in [1.82, 2.24) is 9.97 Å². The molecular weight excluding hydrogens is 176 g/mol. The Morgan fingerprint density at radius 3 is 2.57 bits per heavy atom. The zero-order valence-corrected chi connectivity index (χ0v) is 7.82. The molecule has 1 N–H and O–H groups in total. The quantitative estimate of drug-likeness (QED) is 0.737. The largest absolute Gasteiger partial charge is 0.306 e. The van der Waals surface area contributed by atoms with Crippen molar-refractivity contribution in [2.24, 2.45) is 0 Å². The fourth-order valence-corrected chi connectivity index (χ4v) is 1.20. The third-order valence-electron chi connectivity index (χ3n) is 2.02. The summed E-state index contributed by atoms with van der Waals surface area (Å²) in [5, 5.41) is 0. The summed E-state index contributed by atoms with van der Waals surface area (Å²) in [6.07, 6.45) is 1.58. The predicted octanol–water partition coefficient (Wildman–Crippen LogP) is 1.75. The lowest BCUT2D eigenvalue weighted by Gasteiger charge is -1.99. The molecule has 0 fully saturated rings. The van der Waals surface area contributed by atoms with E-state index in [1.807, 2.05) is 30.3 Å². The van der Waals surface area contributed by atoms with Crippen molar-refractivity contribution < 1.29 is 0 Å². The van der Waals surface area contributed by atoms with Gasteiger partial charge in [0.2, 0.25) is 0 Å². The molecule has 1 aromatic heterocycles. The van der Waals surface area contributed by atoms with Gasteiger partial charge >= 0.3 is 0 Å². The molecule has 0 bridgehead atoms. The van der Waals surface area contributed by atoms with E-state index >= 15 is 0 Å². The molecule has 0 atom stereocenters. The zero-order chi connectivity index (χ0) is 9.97. The van der Waals surface area contributed by atoms with E-state index in [9.17, 15) is 4.79 Å². The molecule has 3 heteroatoms. The van der Waals surface area contributed by atoms with Crippen LogP contribution in [0.5, 0.6) is 0 Å². The summed E-state index contributed by atoms with van der Waals surface area (Å²) in [6, 6.07) is 9.57. The Labute approximate surface area is 81.5 Å². The molecule has 0 aliphatic carbocycles. The number of hydrogen-bond acceptors (Lipinski definition) is 2. The van der Waals surface area contributed by atoms with Crippen molar-refractivity contribution in [2.45, 2.75) is 6.92 Å². The van der Waals surface area contributed by atoms with E-state index in [2.05, 4.69) is 9.97 Å². The van der Waals surface area contributed by atoms with Gasteiger partial charge < -0.3 is 4.98 Å². The molecule has 14 heavy (non-hydrogen) atoms. The van der Waals surface area contributed by atoms with Crippen LogP contribution in [0.15, 0.2) is 41.3 Å². The smallest absolute Gasteiger partial charge is 0.254 e. The van der Waals surface area contributed by atoms with Gasteiger partial charge in [-0.15, -0.1) is 0 Å². The number of nitrogens with zero attached hydrogens (tertiary/aromatic N) is 1. The number of benzene rings is 1. The average Bonchev–Trinajstić information content (AvgIpc) is 2.23. The van der Waals surface area contributed by atoms with Crippen LogP contribution in [0.4, 0.5) is 0 Å². The van der Waals surface area contributed by atoms with Crippen molar-refractivity contribution in [2.75, 3.05) is 0 Å². The first-order chi connectivity index (χ1) is 6.77. The van der Waals surface area contributed by atoms with E-state index in [0.717, 1.165) is 5.56 Å². The summed E-state index contributed by atoms with van der Waals surface area (Å²) in [6.45, 7) is 1.74. The van der Waals surface area contributed by atoms with E-state index in [0.29, 0.717) is 11.4 Å². The van der Waals surface area contributed by atoms with Crippen LogP contribution < -0.4 is 5.56 Å². The molecule has 1 heterocycles. The van der Waals surface area contributed by atoms with Gasteiger partial charge in [0.1, 0.15) is 5.82 Å². The Morgan fingerprint density at radius 1 is 1.21 bits per heavy atom. The standard InChI is InChI=1S/C11H10N2O/c1-8-7-12-10(13-11(8)14)9-5-3-2-4-6-9/h2-7H,1H3,(H,12,13,14). The monoisotopic (exact) mass is 186 g/mol. The van der Waals surface area contributed by atoms with Gasteiger partial charge in [0.05, 0.1) is 0 Å². The Kier molecular flexibility index (Phi) is 2.14. The first-order valence-electron chi connectivity index (χ1n) is 4.39. The molecule has 70 valence electrons. The van der Waals surface area contributed by atoms with Crippen LogP contribution in [-0.2, 0) is 0 Å². The number of aromatic amines is 1. The number of H-pyrrole nitrogens is 1. The molecule has 0 unspecified atom stereocenters.